The molecule has 2 fully saturated rings. The number of hydrogen-bond donors (Lipinski definition) is 1. The van der Waals surface area contributed by atoms with E-state index in [4.69, 9.17) is 10.8 Å². The molecule has 224 valence electrons. The molecule has 1 aromatic heterocycles. The highest BCUT2D eigenvalue weighted by atomic mass is 32.2. The predicted molar refractivity (Wildman–Crippen MR) is 168 cm³/mol. The minimum atomic E-state index is -3.67. The molecule has 12 heteroatoms. The van der Waals surface area contributed by atoms with E-state index in [9.17, 15) is 18.0 Å². The standard InChI is InChI=1S/C31H34N6O4S2/c1-21-7-6-14-36(19-21)43(40,41)26-11-5-8-23(17-26)28-24(20-37(34-28)25-9-3-2-4-10-25)18-27-30(39)33-31(42-27)35-15-12-22(13-16-35)29(32)38/h2-5,8-11,17-18,20-22H,6-7,12-16,19H2,1H3,(H2,32,38)/b27-18-. The van der Waals surface area contributed by atoms with E-state index < -0.39 is 10.0 Å². The first kappa shape index (κ1) is 29.3. The predicted octanol–water partition coefficient (Wildman–Crippen LogP) is 4.13. The summed E-state index contributed by atoms with van der Waals surface area (Å²) in [6.45, 7) is 4.31. The molecule has 3 aromatic rings. The van der Waals surface area contributed by atoms with Gasteiger partial charge in [0, 0.05) is 49.4 Å². The summed E-state index contributed by atoms with van der Waals surface area (Å²) in [5.41, 5.74) is 8.18. The summed E-state index contributed by atoms with van der Waals surface area (Å²) < 4.78 is 30.5. The fraction of sp³-hybridized carbons (Fsp3) is 0.355. The summed E-state index contributed by atoms with van der Waals surface area (Å²) in [5, 5.41) is 5.46. The van der Waals surface area contributed by atoms with Gasteiger partial charge in [-0.2, -0.15) is 14.4 Å². The van der Waals surface area contributed by atoms with Crippen molar-refractivity contribution in [2.75, 3.05) is 26.2 Å². The van der Waals surface area contributed by atoms with Crippen LogP contribution < -0.4 is 5.73 Å². The van der Waals surface area contributed by atoms with Crippen molar-refractivity contribution in [1.29, 1.82) is 0 Å². The first-order valence-electron chi connectivity index (χ1n) is 14.5. The summed E-state index contributed by atoms with van der Waals surface area (Å²) in [6.07, 6.45) is 6.74. The Kier molecular flexibility index (Phi) is 8.25. The maximum Gasteiger partial charge on any atom is 0.286 e. The summed E-state index contributed by atoms with van der Waals surface area (Å²) in [4.78, 5) is 31.6. The number of aliphatic imine (C=N–C) groups is 1. The number of amidine groups is 1. The number of likely N-dealkylation sites (tertiary alicyclic amines) is 1. The lowest BCUT2D eigenvalue weighted by atomic mass is 9.97. The Hall–Kier alpha value is -3.74. The largest absolute Gasteiger partial charge is 0.369 e. The molecule has 3 aliphatic heterocycles. The van der Waals surface area contributed by atoms with Crippen LogP contribution >= 0.6 is 11.8 Å². The first-order valence-corrected chi connectivity index (χ1v) is 16.8. The number of piperidine rings is 2. The van der Waals surface area contributed by atoms with Gasteiger partial charge in [0.1, 0.15) is 5.69 Å². The van der Waals surface area contributed by atoms with Crippen LogP contribution in [0, 0.1) is 11.8 Å². The van der Waals surface area contributed by atoms with Crippen molar-refractivity contribution < 1.29 is 18.0 Å². The van der Waals surface area contributed by atoms with E-state index in [-0.39, 0.29) is 22.6 Å². The number of hydrogen-bond acceptors (Lipinski definition) is 7. The fourth-order valence-electron chi connectivity index (χ4n) is 5.78. The van der Waals surface area contributed by atoms with Crippen LogP contribution in [-0.4, -0.2) is 70.6 Å². The van der Waals surface area contributed by atoms with Gasteiger partial charge in [0.05, 0.1) is 15.5 Å². The molecule has 1 atom stereocenters. The SMILES string of the molecule is CC1CCCN(S(=O)(=O)c2cccc(-c3nn(-c4ccccc4)cc3/C=C3\SC(N4CCC(C(N)=O)CC4)=NC3=O)c2)C1. The van der Waals surface area contributed by atoms with Crippen molar-refractivity contribution in [3.05, 3.63) is 71.3 Å². The molecule has 0 saturated carbocycles. The highest BCUT2D eigenvalue weighted by Gasteiger charge is 2.32. The first-order chi connectivity index (χ1) is 20.7. The van der Waals surface area contributed by atoms with Gasteiger partial charge in [0.2, 0.25) is 15.9 Å². The Balaban J connectivity index is 1.33. The Labute approximate surface area is 255 Å². The molecular formula is C31H34N6O4S2. The average Bonchev–Trinajstić information content (AvgIpc) is 3.61. The van der Waals surface area contributed by atoms with E-state index in [1.165, 1.54) is 11.8 Å². The second kappa shape index (κ2) is 12.1. The molecule has 1 unspecified atom stereocenters. The second-order valence-corrected chi connectivity index (χ2v) is 14.3. The third kappa shape index (κ3) is 6.17. The van der Waals surface area contributed by atoms with Crippen LogP contribution in [0.5, 0.6) is 0 Å². The van der Waals surface area contributed by atoms with E-state index in [2.05, 4.69) is 11.9 Å². The van der Waals surface area contributed by atoms with E-state index in [1.54, 1.807) is 33.3 Å². The van der Waals surface area contributed by atoms with Gasteiger partial charge in [0.15, 0.2) is 5.17 Å². The molecule has 10 nitrogen and oxygen atoms in total. The van der Waals surface area contributed by atoms with Crippen molar-refractivity contribution in [2.45, 2.75) is 37.5 Å². The van der Waals surface area contributed by atoms with Crippen LogP contribution in [0.25, 0.3) is 23.0 Å². The lowest BCUT2D eigenvalue weighted by Gasteiger charge is -2.31. The number of nitrogens with two attached hydrogens (primary N) is 1. The lowest BCUT2D eigenvalue weighted by molar-refractivity contribution is -0.123. The van der Waals surface area contributed by atoms with Gasteiger partial charge in [-0.05, 0) is 73.7 Å². The van der Waals surface area contributed by atoms with Crippen molar-refractivity contribution in [2.24, 2.45) is 22.6 Å². The number of carbonyl (C=O) groups excluding carboxylic acids is 2. The number of thioether (sulfide) groups is 1. The molecule has 2 N–H and O–H groups in total. The van der Waals surface area contributed by atoms with Crippen LogP contribution in [0.1, 0.15) is 38.2 Å². The van der Waals surface area contributed by atoms with Crippen LogP contribution in [0.2, 0.25) is 0 Å². The Morgan fingerprint density at radius 2 is 1.81 bits per heavy atom. The molecule has 2 amide bonds. The zero-order valence-corrected chi connectivity index (χ0v) is 25.6. The lowest BCUT2D eigenvalue weighted by Crippen LogP contribution is -2.40. The van der Waals surface area contributed by atoms with Crippen molar-refractivity contribution in [3.63, 3.8) is 0 Å². The second-order valence-electron chi connectivity index (χ2n) is 11.3. The molecule has 0 spiro atoms. The van der Waals surface area contributed by atoms with Crippen LogP contribution in [0.15, 0.2) is 75.6 Å². The normalized spacial score (nSPS) is 21.4. The maximum absolute atomic E-state index is 13.6. The molecule has 0 aliphatic carbocycles. The molecule has 2 saturated heterocycles. The van der Waals surface area contributed by atoms with Crippen LogP contribution in [-0.2, 0) is 19.6 Å². The van der Waals surface area contributed by atoms with E-state index in [0.717, 1.165) is 18.5 Å². The average molecular weight is 619 g/mol. The Morgan fingerprint density at radius 1 is 1.05 bits per heavy atom. The summed E-state index contributed by atoms with van der Waals surface area (Å²) in [5.74, 6) is -0.471. The number of para-hydroxylation sites is 1. The van der Waals surface area contributed by atoms with Crippen molar-refractivity contribution in [3.8, 4) is 16.9 Å². The number of carbonyl (C=O) groups is 2. The summed E-state index contributed by atoms with van der Waals surface area (Å²) in [7, 11) is -3.67. The van der Waals surface area contributed by atoms with Crippen LogP contribution in [0.4, 0.5) is 0 Å². The van der Waals surface area contributed by atoms with E-state index in [0.29, 0.717) is 71.8 Å². The van der Waals surface area contributed by atoms with Gasteiger partial charge in [-0.1, -0.05) is 37.3 Å². The maximum atomic E-state index is 13.6. The number of benzene rings is 2. The molecule has 3 aliphatic rings. The van der Waals surface area contributed by atoms with Crippen molar-refractivity contribution >= 4 is 44.8 Å². The zero-order chi connectivity index (χ0) is 30.1. The van der Waals surface area contributed by atoms with Gasteiger partial charge < -0.3 is 10.6 Å². The molecule has 4 heterocycles. The highest BCUT2D eigenvalue weighted by molar-refractivity contribution is 8.18. The van der Waals surface area contributed by atoms with Gasteiger partial charge in [-0.15, -0.1) is 0 Å². The number of nitrogens with zero attached hydrogens (tertiary/aromatic N) is 5. The monoisotopic (exact) mass is 618 g/mol. The zero-order valence-electron chi connectivity index (χ0n) is 23.9. The molecule has 0 radical (unpaired) electrons. The minimum Gasteiger partial charge on any atom is -0.369 e. The quantitative estimate of drug-likeness (QED) is 0.411. The third-order valence-electron chi connectivity index (χ3n) is 8.19. The van der Waals surface area contributed by atoms with Gasteiger partial charge in [-0.3, -0.25) is 9.59 Å². The fourth-order valence-corrected chi connectivity index (χ4v) is 8.38. The molecular weight excluding hydrogens is 585 g/mol. The minimum absolute atomic E-state index is 0.154. The van der Waals surface area contributed by atoms with Gasteiger partial charge in [0.25, 0.3) is 5.91 Å². The number of aromatic nitrogens is 2. The third-order valence-corrected chi connectivity index (χ3v) is 11.1. The van der Waals surface area contributed by atoms with Gasteiger partial charge >= 0.3 is 0 Å². The van der Waals surface area contributed by atoms with Gasteiger partial charge in [-0.25, -0.2) is 13.1 Å². The number of primary amides is 1. The molecule has 0 bridgehead atoms. The molecule has 6 rings (SSSR count). The van der Waals surface area contributed by atoms with Crippen molar-refractivity contribution in [1.82, 2.24) is 19.0 Å². The van der Waals surface area contributed by atoms with E-state index >= 15 is 0 Å². The molecule has 43 heavy (non-hydrogen) atoms. The summed E-state index contributed by atoms with van der Waals surface area (Å²) in [6, 6.07) is 16.5. The van der Waals surface area contributed by atoms with E-state index in [1.807, 2.05) is 47.5 Å². The number of amides is 2. The summed E-state index contributed by atoms with van der Waals surface area (Å²) >= 11 is 1.30. The van der Waals surface area contributed by atoms with Crippen LogP contribution in [0.3, 0.4) is 0 Å². The Morgan fingerprint density at radius 3 is 2.53 bits per heavy atom. The Bertz CT molecular complexity index is 1710. The number of rotatable bonds is 6. The number of sulfonamides is 1. The topological polar surface area (TPSA) is 131 Å². The smallest absolute Gasteiger partial charge is 0.286 e. The highest BCUT2D eigenvalue weighted by Crippen LogP contribution is 2.35. The molecule has 2 aromatic carbocycles.